The van der Waals surface area contributed by atoms with Crippen LogP contribution >= 0.6 is 11.3 Å². The van der Waals surface area contributed by atoms with Crippen LogP contribution < -0.4 is 10.7 Å². The molecule has 1 aromatic carbocycles. The standard InChI is InChI=1S/C14H12N4O2S/c19-13(8-15-14(20)12-6-3-7-21-12)17-18-9-16-10-4-1-2-5-11(10)18/h1-7,9H,8H2,(H,15,20)(H,17,19). The normalized spacial score (nSPS) is 10.5. The van der Waals surface area contributed by atoms with Gasteiger partial charge in [0.05, 0.1) is 22.5 Å². The molecule has 0 unspecified atom stereocenters. The van der Waals surface area contributed by atoms with Crippen LogP contribution in [0.15, 0.2) is 48.1 Å². The van der Waals surface area contributed by atoms with E-state index in [1.807, 2.05) is 29.6 Å². The van der Waals surface area contributed by atoms with Gasteiger partial charge in [-0.15, -0.1) is 11.3 Å². The number of hydrogen-bond donors (Lipinski definition) is 2. The van der Waals surface area contributed by atoms with E-state index in [-0.39, 0.29) is 18.4 Å². The second kappa shape index (κ2) is 5.76. The number of fused-ring (bicyclic) bond motifs is 1. The fourth-order valence-corrected chi connectivity index (χ4v) is 2.52. The molecule has 106 valence electrons. The van der Waals surface area contributed by atoms with Gasteiger partial charge >= 0.3 is 0 Å². The zero-order chi connectivity index (χ0) is 14.7. The summed E-state index contributed by atoms with van der Waals surface area (Å²) >= 11 is 1.33. The maximum Gasteiger partial charge on any atom is 0.261 e. The van der Waals surface area contributed by atoms with E-state index in [0.29, 0.717) is 4.88 Å². The number of rotatable bonds is 4. The Hall–Kier alpha value is -2.67. The molecule has 0 fully saturated rings. The Morgan fingerprint density at radius 1 is 1.19 bits per heavy atom. The number of carbonyl (C=O) groups excluding carboxylic acids is 2. The van der Waals surface area contributed by atoms with Crippen molar-refractivity contribution in [2.45, 2.75) is 0 Å². The molecule has 2 aromatic heterocycles. The molecule has 2 heterocycles. The van der Waals surface area contributed by atoms with Crippen molar-refractivity contribution in [3.05, 3.63) is 53.0 Å². The van der Waals surface area contributed by atoms with Crippen molar-refractivity contribution in [2.75, 3.05) is 12.0 Å². The first-order chi connectivity index (χ1) is 10.2. The Bertz CT molecular complexity index is 779. The summed E-state index contributed by atoms with van der Waals surface area (Å²) in [7, 11) is 0. The maximum absolute atomic E-state index is 11.9. The number of aromatic nitrogens is 2. The van der Waals surface area contributed by atoms with Gasteiger partial charge in [0.25, 0.3) is 11.8 Å². The molecule has 0 atom stereocenters. The first-order valence-electron chi connectivity index (χ1n) is 6.28. The van der Waals surface area contributed by atoms with Crippen LogP contribution in [0, 0.1) is 0 Å². The molecule has 3 aromatic rings. The number of nitrogens with zero attached hydrogens (tertiary/aromatic N) is 2. The number of para-hydroxylation sites is 2. The van der Waals surface area contributed by atoms with Crippen molar-refractivity contribution in [3.8, 4) is 0 Å². The predicted molar refractivity (Wildman–Crippen MR) is 80.8 cm³/mol. The van der Waals surface area contributed by atoms with Gasteiger partial charge in [-0.25, -0.2) is 9.66 Å². The highest BCUT2D eigenvalue weighted by molar-refractivity contribution is 7.12. The lowest BCUT2D eigenvalue weighted by Gasteiger charge is -2.07. The van der Waals surface area contributed by atoms with Crippen LogP contribution in [0.1, 0.15) is 9.67 Å². The van der Waals surface area contributed by atoms with Crippen LogP contribution in [0.4, 0.5) is 0 Å². The molecule has 2 amide bonds. The Labute approximate surface area is 124 Å². The van der Waals surface area contributed by atoms with Crippen LogP contribution in [0.5, 0.6) is 0 Å². The Morgan fingerprint density at radius 3 is 2.86 bits per heavy atom. The number of benzene rings is 1. The first-order valence-corrected chi connectivity index (χ1v) is 7.15. The zero-order valence-corrected chi connectivity index (χ0v) is 11.8. The number of amides is 2. The van der Waals surface area contributed by atoms with Crippen molar-refractivity contribution in [2.24, 2.45) is 0 Å². The van der Waals surface area contributed by atoms with Crippen molar-refractivity contribution in [3.63, 3.8) is 0 Å². The van der Waals surface area contributed by atoms with E-state index in [1.165, 1.54) is 22.3 Å². The monoisotopic (exact) mass is 300 g/mol. The van der Waals surface area contributed by atoms with Crippen LogP contribution in [-0.2, 0) is 4.79 Å². The summed E-state index contributed by atoms with van der Waals surface area (Å²) in [6, 6.07) is 11.0. The Kier molecular flexibility index (Phi) is 3.65. The Morgan fingerprint density at radius 2 is 2.05 bits per heavy atom. The maximum atomic E-state index is 11.9. The molecule has 0 aliphatic rings. The second-order valence-corrected chi connectivity index (χ2v) is 5.25. The first kappa shape index (κ1) is 13.3. The molecule has 21 heavy (non-hydrogen) atoms. The van der Waals surface area contributed by atoms with Gasteiger partial charge < -0.3 is 5.32 Å². The summed E-state index contributed by atoms with van der Waals surface area (Å²) in [4.78, 5) is 28.3. The fourth-order valence-electron chi connectivity index (χ4n) is 1.88. The van der Waals surface area contributed by atoms with E-state index in [1.54, 1.807) is 12.1 Å². The fraction of sp³-hybridized carbons (Fsp3) is 0.0714. The van der Waals surface area contributed by atoms with E-state index in [2.05, 4.69) is 15.7 Å². The van der Waals surface area contributed by atoms with Gasteiger partial charge in [-0.1, -0.05) is 18.2 Å². The van der Waals surface area contributed by atoms with E-state index in [9.17, 15) is 9.59 Å². The quantitative estimate of drug-likeness (QED) is 0.768. The number of thiophene rings is 1. The van der Waals surface area contributed by atoms with E-state index < -0.39 is 0 Å². The summed E-state index contributed by atoms with van der Waals surface area (Å²) in [5.41, 5.74) is 4.26. The predicted octanol–water partition coefficient (Wildman–Crippen LogP) is 1.60. The second-order valence-electron chi connectivity index (χ2n) is 4.30. The zero-order valence-electron chi connectivity index (χ0n) is 10.9. The largest absolute Gasteiger partial charge is 0.342 e. The molecular formula is C14H12N4O2S. The highest BCUT2D eigenvalue weighted by Crippen LogP contribution is 2.10. The minimum absolute atomic E-state index is 0.0940. The molecule has 6 nitrogen and oxygen atoms in total. The summed E-state index contributed by atoms with van der Waals surface area (Å²) < 4.78 is 1.54. The molecule has 2 N–H and O–H groups in total. The third kappa shape index (κ3) is 2.92. The van der Waals surface area contributed by atoms with Crippen LogP contribution in [0.2, 0.25) is 0 Å². The van der Waals surface area contributed by atoms with Crippen molar-refractivity contribution < 1.29 is 9.59 Å². The lowest BCUT2D eigenvalue weighted by molar-refractivity contribution is -0.116. The van der Waals surface area contributed by atoms with Crippen LogP contribution in [0.25, 0.3) is 11.0 Å². The van der Waals surface area contributed by atoms with Gasteiger partial charge in [0, 0.05) is 0 Å². The van der Waals surface area contributed by atoms with Gasteiger partial charge in [0.1, 0.15) is 6.33 Å². The van der Waals surface area contributed by atoms with Gasteiger partial charge in [-0.2, -0.15) is 0 Å². The molecule has 0 bridgehead atoms. The summed E-state index contributed by atoms with van der Waals surface area (Å²) in [6.07, 6.45) is 1.53. The van der Waals surface area contributed by atoms with Crippen LogP contribution in [-0.4, -0.2) is 28.0 Å². The van der Waals surface area contributed by atoms with Gasteiger partial charge in [-0.05, 0) is 23.6 Å². The molecule has 0 aliphatic carbocycles. The molecular weight excluding hydrogens is 288 g/mol. The molecule has 0 saturated carbocycles. The third-order valence-corrected chi connectivity index (χ3v) is 3.72. The van der Waals surface area contributed by atoms with Gasteiger partial charge in [-0.3, -0.25) is 15.0 Å². The topological polar surface area (TPSA) is 76.0 Å². The summed E-state index contributed by atoms with van der Waals surface area (Å²) in [5.74, 6) is -0.571. The average molecular weight is 300 g/mol. The molecule has 0 aliphatic heterocycles. The van der Waals surface area contributed by atoms with Gasteiger partial charge in [0.2, 0.25) is 0 Å². The summed E-state index contributed by atoms with van der Waals surface area (Å²) in [5, 5.41) is 4.38. The van der Waals surface area contributed by atoms with E-state index in [0.717, 1.165) is 11.0 Å². The van der Waals surface area contributed by atoms with E-state index in [4.69, 9.17) is 0 Å². The van der Waals surface area contributed by atoms with Gasteiger partial charge in [0.15, 0.2) is 0 Å². The average Bonchev–Trinajstić information content (AvgIpc) is 3.15. The number of nitrogens with one attached hydrogen (secondary N) is 2. The number of carbonyl (C=O) groups is 2. The van der Waals surface area contributed by atoms with E-state index >= 15 is 0 Å². The third-order valence-electron chi connectivity index (χ3n) is 2.85. The van der Waals surface area contributed by atoms with Crippen molar-refractivity contribution >= 4 is 34.2 Å². The van der Waals surface area contributed by atoms with Crippen molar-refractivity contribution in [1.29, 1.82) is 0 Å². The highest BCUT2D eigenvalue weighted by atomic mass is 32.1. The lowest BCUT2D eigenvalue weighted by atomic mass is 10.3. The summed E-state index contributed by atoms with van der Waals surface area (Å²) in [6.45, 7) is -0.0940. The molecule has 3 rings (SSSR count). The molecule has 0 spiro atoms. The smallest absolute Gasteiger partial charge is 0.261 e. The minimum Gasteiger partial charge on any atom is -0.342 e. The van der Waals surface area contributed by atoms with Crippen molar-refractivity contribution in [1.82, 2.24) is 15.0 Å². The Balaban J connectivity index is 1.60. The molecule has 7 heteroatoms. The highest BCUT2D eigenvalue weighted by Gasteiger charge is 2.09. The lowest BCUT2D eigenvalue weighted by Crippen LogP contribution is -2.35. The SMILES string of the molecule is O=C(CNC(=O)c1cccs1)Nn1cnc2ccccc21. The molecule has 0 saturated heterocycles. The minimum atomic E-state index is -0.317. The number of imidazole rings is 1. The number of hydrogen-bond acceptors (Lipinski definition) is 4. The molecule has 0 radical (unpaired) electrons. The van der Waals surface area contributed by atoms with Crippen LogP contribution in [0.3, 0.4) is 0 Å².